The lowest BCUT2D eigenvalue weighted by atomic mass is 9.95. The molecule has 0 radical (unpaired) electrons. The summed E-state index contributed by atoms with van der Waals surface area (Å²) in [6, 6.07) is 21.2. The first-order valence-corrected chi connectivity index (χ1v) is 18.3. The number of hydrogen-bond acceptors (Lipinski definition) is 8. The molecule has 0 amide bonds. The Morgan fingerprint density at radius 2 is 1.57 bits per heavy atom. The Morgan fingerprint density at radius 1 is 0.852 bits per heavy atom. The first kappa shape index (κ1) is 40.0. The highest BCUT2D eigenvalue weighted by molar-refractivity contribution is 14.1. The number of aliphatic hydroxyl groups is 2. The minimum atomic E-state index is -0.720. The Hall–Kier alpha value is -5.16. The highest BCUT2D eigenvalue weighted by Gasteiger charge is 2.18. The van der Waals surface area contributed by atoms with Crippen molar-refractivity contribution in [1.29, 1.82) is 0 Å². The Labute approximate surface area is 329 Å². The Kier molecular flexibility index (Phi) is 15.1. The number of rotatable bonds is 14. The van der Waals surface area contributed by atoms with Crippen LogP contribution in [0, 0.1) is 45.5 Å². The van der Waals surface area contributed by atoms with Crippen LogP contribution in [0.4, 0.5) is 0 Å². The number of hydrogen-bond donors (Lipinski definition) is 4. The predicted octanol–water partition coefficient (Wildman–Crippen LogP) is 6.57. The summed E-state index contributed by atoms with van der Waals surface area (Å²) in [5.74, 6) is 14.8. The quantitative estimate of drug-likeness (QED) is 0.0639. The average Bonchev–Trinajstić information content (AvgIpc) is 3.20. The van der Waals surface area contributed by atoms with Crippen LogP contribution in [0.15, 0.2) is 97.1 Å². The molecule has 0 saturated heterocycles. The van der Waals surface area contributed by atoms with Gasteiger partial charge in [-0.05, 0) is 77.0 Å². The number of phenolic OH excluding ortho intramolecular Hbond substituents is 2. The molecule has 4 aromatic carbocycles. The molecule has 0 aliphatic heterocycles. The van der Waals surface area contributed by atoms with Crippen molar-refractivity contribution in [2.75, 3.05) is 26.4 Å². The third-order valence-corrected chi connectivity index (χ3v) is 9.47. The molecule has 8 nitrogen and oxygen atoms in total. The summed E-state index contributed by atoms with van der Waals surface area (Å²) in [5.41, 5.74) is 4.75. The fraction of sp³-hybridized carbons (Fsp3) is 0.222. The van der Waals surface area contributed by atoms with E-state index in [1.54, 1.807) is 30.3 Å². The summed E-state index contributed by atoms with van der Waals surface area (Å²) in [6.45, 7) is 0.257. The Balaban J connectivity index is 1.44. The summed E-state index contributed by atoms with van der Waals surface area (Å²) in [7, 11) is 0. The largest absolute Gasteiger partial charge is 0.507 e. The van der Waals surface area contributed by atoms with Crippen LogP contribution in [0.3, 0.4) is 0 Å². The lowest BCUT2D eigenvalue weighted by Gasteiger charge is -2.20. The summed E-state index contributed by atoms with van der Waals surface area (Å²) in [6.07, 6.45) is 13.8. The van der Waals surface area contributed by atoms with E-state index in [1.165, 1.54) is 12.1 Å². The summed E-state index contributed by atoms with van der Waals surface area (Å²) < 4.78 is 18.4. The molecule has 1 aliphatic carbocycles. The van der Waals surface area contributed by atoms with E-state index in [4.69, 9.17) is 20.6 Å². The maximum absolute atomic E-state index is 11.5. The molecule has 0 saturated carbocycles. The molecule has 5 rings (SSSR count). The highest BCUT2D eigenvalue weighted by atomic mass is 127. The number of aromatic hydroxyl groups is 2. The zero-order chi connectivity index (χ0) is 38.3. The second-order valence-corrected chi connectivity index (χ2v) is 13.5. The smallest absolute Gasteiger partial charge is 0.151 e. The standard InChI is InChI=1S/C45H39IO8/c1-2-31-13-15-33(17-18-37-24-38(26-48)41(46)25-42(37)49)36(21-31)16-14-32-22-39(27-52-29-43(50)34-9-5-3-6-10-34)45(51)40(23-32)28-53-30-44(54-20-19-47)35-11-7-4-8-12-35/h1,3-9,11-13,15,21-26,34,43-44,47,49-51H,10,19-20,27-30H2/t34?,43-,44-/m1/s1. The molecule has 0 spiro atoms. The van der Waals surface area contributed by atoms with Crippen molar-refractivity contribution in [3.63, 3.8) is 0 Å². The van der Waals surface area contributed by atoms with Gasteiger partial charge in [-0.15, -0.1) is 6.42 Å². The van der Waals surface area contributed by atoms with Gasteiger partial charge in [-0.1, -0.05) is 84.2 Å². The fourth-order valence-electron chi connectivity index (χ4n) is 5.62. The van der Waals surface area contributed by atoms with Crippen LogP contribution >= 0.6 is 22.6 Å². The van der Waals surface area contributed by atoms with Gasteiger partial charge in [-0.2, -0.15) is 0 Å². The van der Waals surface area contributed by atoms with Crippen LogP contribution < -0.4 is 0 Å². The lowest BCUT2D eigenvalue weighted by molar-refractivity contribution is -0.0340. The molecule has 3 atom stereocenters. The van der Waals surface area contributed by atoms with E-state index in [1.807, 2.05) is 77.2 Å². The van der Waals surface area contributed by atoms with Crippen LogP contribution in [-0.4, -0.2) is 59.2 Å². The number of aliphatic hydroxyl groups excluding tert-OH is 2. The highest BCUT2D eigenvalue weighted by Crippen LogP contribution is 2.28. The van der Waals surface area contributed by atoms with Crippen molar-refractivity contribution in [2.24, 2.45) is 5.92 Å². The molecule has 1 aliphatic rings. The molecule has 4 N–H and O–H groups in total. The number of halogens is 1. The molecular weight excluding hydrogens is 795 g/mol. The van der Waals surface area contributed by atoms with Crippen LogP contribution in [0.1, 0.15) is 67.4 Å². The Morgan fingerprint density at radius 3 is 2.26 bits per heavy atom. The maximum Gasteiger partial charge on any atom is 0.151 e. The first-order valence-electron chi connectivity index (χ1n) is 17.2. The van der Waals surface area contributed by atoms with Gasteiger partial charge < -0.3 is 34.6 Å². The van der Waals surface area contributed by atoms with Gasteiger partial charge in [-0.3, -0.25) is 4.79 Å². The number of ether oxygens (including phenoxy) is 3. The van der Waals surface area contributed by atoms with Crippen molar-refractivity contribution in [2.45, 2.75) is 31.8 Å². The minimum Gasteiger partial charge on any atom is -0.507 e. The molecule has 274 valence electrons. The van der Waals surface area contributed by atoms with Gasteiger partial charge in [0.2, 0.25) is 0 Å². The number of terminal acetylenes is 1. The average molecular weight is 835 g/mol. The van der Waals surface area contributed by atoms with E-state index in [0.29, 0.717) is 60.8 Å². The number of aldehydes is 1. The van der Waals surface area contributed by atoms with Gasteiger partial charge in [0.15, 0.2) is 6.29 Å². The fourth-order valence-corrected chi connectivity index (χ4v) is 6.20. The first-order chi connectivity index (χ1) is 26.3. The van der Waals surface area contributed by atoms with Gasteiger partial charge in [-0.25, -0.2) is 0 Å². The van der Waals surface area contributed by atoms with Crippen molar-refractivity contribution < 1.29 is 39.4 Å². The molecular formula is C45H39IO8. The summed E-state index contributed by atoms with van der Waals surface area (Å²) in [5, 5.41) is 41.9. The van der Waals surface area contributed by atoms with E-state index in [2.05, 4.69) is 29.6 Å². The topological polar surface area (TPSA) is 126 Å². The summed E-state index contributed by atoms with van der Waals surface area (Å²) >= 11 is 1.98. The van der Waals surface area contributed by atoms with Crippen molar-refractivity contribution in [3.05, 3.63) is 151 Å². The zero-order valence-electron chi connectivity index (χ0n) is 29.4. The van der Waals surface area contributed by atoms with Crippen molar-refractivity contribution in [3.8, 4) is 47.5 Å². The van der Waals surface area contributed by atoms with Crippen molar-refractivity contribution in [1.82, 2.24) is 0 Å². The minimum absolute atomic E-state index is 0.00945. The maximum atomic E-state index is 11.5. The van der Waals surface area contributed by atoms with E-state index >= 15 is 0 Å². The van der Waals surface area contributed by atoms with E-state index < -0.39 is 12.2 Å². The Bertz CT molecular complexity index is 2160. The lowest BCUT2D eigenvalue weighted by Crippen LogP contribution is -2.24. The third-order valence-electron chi connectivity index (χ3n) is 8.53. The van der Waals surface area contributed by atoms with Gasteiger partial charge in [0.1, 0.15) is 17.6 Å². The zero-order valence-corrected chi connectivity index (χ0v) is 31.5. The second-order valence-electron chi connectivity index (χ2n) is 12.4. The SMILES string of the molecule is C#Cc1ccc(C#Cc2cc(C=O)c(I)cc2O)c(C#Cc2cc(COC[C@@H](O)C3C=CC=CC3)c(O)c(COC[C@@H](OCCO)c3ccccc3)c2)c1. The van der Waals surface area contributed by atoms with Gasteiger partial charge in [0, 0.05) is 48.4 Å². The number of allylic oxidation sites excluding steroid dienone is 3. The van der Waals surface area contributed by atoms with Gasteiger partial charge in [0.25, 0.3) is 0 Å². The van der Waals surface area contributed by atoms with Crippen LogP contribution in [-0.2, 0) is 27.4 Å². The predicted molar refractivity (Wildman–Crippen MR) is 215 cm³/mol. The molecule has 0 heterocycles. The molecule has 0 bridgehead atoms. The molecule has 0 aromatic heterocycles. The van der Waals surface area contributed by atoms with Crippen LogP contribution in [0.25, 0.3) is 0 Å². The van der Waals surface area contributed by atoms with Crippen molar-refractivity contribution >= 4 is 28.9 Å². The number of carbonyl (C=O) groups excluding carboxylic acids is 1. The summed E-state index contributed by atoms with van der Waals surface area (Å²) in [4.78, 5) is 11.5. The number of benzene rings is 4. The number of carbonyl (C=O) groups is 1. The third kappa shape index (κ3) is 11.2. The van der Waals surface area contributed by atoms with Gasteiger partial charge in [0.05, 0.1) is 51.3 Å². The molecule has 9 heteroatoms. The normalized spacial score (nSPS) is 14.2. The van der Waals surface area contributed by atoms with Gasteiger partial charge >= 0.3 is 0 Å². The van der Waals surface area contributed by atoms with E-state index in [0.717, 1.165) is 5.56 Å². The number of phenols is 2. The molecule has 0 fully saturated rings. The van der Waals surface area contributed by atoms with Crippen LogP contribution in [0.2, 0.25) is 0 Å². The second kappa shape index (κ2) is 20.3. The monoisotopic (exact) mass is 834 g/mol. The molecule has 54 heavy (non-hydrogen) atoms. The van der Waals surface area contributed by atoms with Crippen LogP contribution in [0.5, 0.6) is 11.5 Å². The van der Waals surface area contributed by atoms with E-state index in [-0.39, 0.29) is 57.1 Å². The molecule has 4 aromatic rings. The molecule has 1 unspecified atom stereocenters. The van der Waals surface area contributed by atoms with E-state index in [9.17, 15) is 25.2 Å².